The highest BCUT2D eigenvalue weighted by Crippen LogP contribution is 2.52. The van der Waals surface area contributed by atoms with Crippen molar-refractivity contribution in [3.63, 3.8) is 0 Å². The molecule has 0 saturated carbocycles. The number of amides is 2. The zero-order valence-corrected chi connectivity index (χ0v) is 12.7. The number of carbonyl (C=O) groups is 3. The molecule has 1 aromatic carbocycles. The highest BCUT2D eigenvalue weighted by atomic mass is 16.5. The van der Waals surface area contributed by atoms with E-state index in [1.54, 1.807) is 24.3 Å². The van der Waals surface area contributed by atoms with Gasteiger partial charge in [0.25, 0.3) is 0 Å². The molecule has 6 heteroatoms. The minimum atomic E-state index is -0.706. The van der Waals surface area contributed by atoms with Crippen LogP contribution < -0.4 is 4.90 Å². The van der Waals surface area contributed by atoms with Gasteiger partial charge < -0.3 is 9.47 Å². The lowest BCUT2D eigenvalue weighted by atomic mass is 9.78. The van der Waals surface area contributed by atoms with Gasteiger partial charge in [0.15, 0.2) is 0 Å². The molecule has 4 rings (SSSR count). The average Bonchev–Trinajstić information content (AvgIpc) is 3.16. The molecule has 2 fully saturated rings. The highest BCUT2D eigenvalue weighted by Gasteiger charge is 2.65. The summed E-state index contributed by atoms with van der Waals surface area (Å²) in [5.41, 5.74) is 0.126. The molecule has 2 saturated heterocycles. The number of hydrogen-bond acceptors (Lipinski definition) is 5. The lowest BCUT2D eigenvalue weighted by Gasteiger charge is -2.24. The second kappa shape index (κ2) is 4.52. The zero-order chi connectivity index (χ0) is 16.4. The lowest BCUT2D eigenvalue weighted by molar-refractivity contribution is -0.126. The van der Waals surface area contributed by atoms with Crippen molar-refractivity contribution in [2.45, 2.75) is 18.6 Å². The van der Waals surface area contributed by atoms with E-state index in [1.807, 2.05) is 19.1 Å². The van der Waals surface area contributed by atoms with Gasteiger partial charge in [-0.2, -0.15) is 0 Å². The van der Waals surface area contributed by atoms with Crippen molar-refractivity contribution >= 4 is 23.5 Å². The second-order valence-electron chi connectivity index (χ2n) is 6.18. The van der Waals surface area contributed by atoms with Gasteiger partial charge in [-0.3, -0.25) is 9.59 Å². The zero-order valence-electron chi connectivity index (χ0n) is 12.7. The summed E-state index contributed by atoms with van der Waals surface area (Å²) in [6.07, 6.45) is 3.39. The van der Waals surface area contributed by atoms with Crippen LogP contribution >= 0.6 is 0 Å². The Morgan fingerprint density at radius 2 is 1.91 bits per heavy atom. The van der Waals surface area contributed by atoms with Gasteiger partial charge in [-0.05, 0) is 31.2 Å². The Labute approximate surface area is 132 Å². The summed E-state index contributed by atoms with van der Waals surface area (Å²) in [6, 6.07) is 6.26. The van der Waals surface area contributed by atoms with Gasteiger partial charge in [0.05, 0.1) is 41.9 Å². The molecule has 1 aromatic rings. The Morgan fingerprint density at radius 3 is 2.52 bits per heavy atom. The summed E-state index contributed by atoms with van der Waals surface area (Å²) in [4.78, 5) is 38.2. The van der Waals surface area contributed by atoms with Gasteiger partial charge >= 0.3 is 5.97 Å². The van der Waals surface area contributed by atoms with Gasteiger partial charge in [0, 0.05) is 0 Å². The Bertz CT molecular complexity index is 753. The van der Waals surface area contributed by atoms with Gasteiger partial charge in [0.1, 0.15) is 0 Å². The molecular weight excluding hydrogens is 298 g/mol. The number of methoxy groups -OCH3 is 1. The summed E-state index contributed by atoms with van der Waals surface area (Å²) in [5.74, 6) is -1.90. The number of nitrogens with zero attached hydrogens (tertiary/aromatic N) is 1. The van der Waals surface area contributed by atoms with Crippen molar-refractivity contribution in [1.82, 2.24) is 0 Å². The molecule has 4 atom stereocenters. The van der Waals surface area contributed by atoms with Gasteiger partial charge in [-0.1, -0.05) is 12.2 Å². The monoisotopic (exact) mass is 313 g/mol. The van der Waals surface area contributed by atoms with Crippen LogP contribution in [0.3, 0.4) is 0 Å². The van der Waals surface area contributed by atoms with Crippen LogP contribution in [-0.2, 0) is 19.1 Å². The number of esters is 1. The van der Waals surface area contributed by atoms with E-state index in [1.165, 1.54) is 12.0 Å². The van der Waals surface area contributed by atoms with E-state index in [0.717, 1.165) is 0 Å². The number of rotatable bonds is 2. The molecule has 0 aliphatic carbocycles. The van der Waals surface area contributed by atoms with E-state index in [4.69, 9.17) is 4.74 Å². The summed E-state index contributed by atoms with van der Waals surface area (Å²) in [5, 5.41) is 0. The largest absolute Gasteiger partial charge is 0.465 e. The number of ether oxygens (including phenoxy) is 2. The van der Waals surface area contributed by atoms with Crippen LogP contribution in [0, 0.1) is 11.8 Å². The van der Waals surface area contributed by atoms with E-state index in [-0.39, 0.29) is 17.9 Å². The second-order valence-corrected chi connectivity index (χ2v) is 6.18. The maximum atomic E-state index is 12.8. The molecular formula is C17H15NO5. The van der Waals surface area contributed by atoms with E-state index in [2.05, 4.69) is 4.74 Å². The molecule has 0 spiro atoms. The smallest absolute Gasteiger partial charge is 0.337 e. The highest BCUT2D eigenvalue weighted by molar-refractivity contribution is 6.23. The molecule has 3 heterocycles. The summed E-state index contributed by atoms with van der Waals surface area (Å²) >= 11 is 0. The maximum absolute atomic E-state index is 12.8. The van der Waals surface area contributed by atoms with Crippen LogP contribution in [0.2, 0.25) is 0 Å². The molecule has 2 bridgehead atoms. The number of imide groups is 1. The first kappa shape index (κ1) is 14.1. The minimum Gasteiger partial charge on any atom is -0.465 e. The first-order valence-electron chi connectivity index (χ1n) is 7.39. The fourth-order valence-electron chi connectivity index (χ4n) is 3.77. The molecule has 6 nitrogen and oxygen atoms in total. The normalized spacial score (nSPS) is 34.2. The van der Waals surface area contributed by atoms with Crippen LogP contribution in [0.4, 0.5) is 5.69 Å². The van der Waals surface area contributed by atoms with Crippen molar-refractivity contribution in [2.24, 2.45) is 11.8 Å². The number of anilines is 1. The number of benzene rings is 1. The van der Waals surface area contributed by atoms with Crippen LogP contribution in [0.1, 0.15) is 17.3 Å². The van der Waals surface area contributed by atoms with Gasteiger partial charge in [0.2, 0.25) is 11.8 Å². The maximum Gasteiger partial charge on any atom is 0.337 e. The predicted octanol–water partition coefficient (Wildman–Crippen LogP) is 1.31. The van der Waals surface area contributed by atoms with E-state index < -0.39 is 23.4 Å². The SMILES string of the molecule is COC(=O)c1ccc(N2C(=O)[C@@H]3[C@@H]4C=C[C@](C)(O4)[C@@H]3C2=O)cc1. The third-order valence-electron chi connectivity index (χ3n) is 4.88. The molecule has 118 valence electrons. The first-order chi connectivity index (χ1) is 11.0. The molecule has 23 heavy (non-hydrogen) atoms. The summed E-state index contributed by atoms with van der Waals surface area (Å²) < 4.78 is 10.4. The van der Waals surface area contributed by atoms with Crippen molar-refractivity contribution in [1.29, 1.82) is 0 Å². The van der Waals surface area contributed by atoms with E-state index in [9.17, 15) is 14.4 Å². The number of hydrogen-bond donors (Lipinski definition) is 0. The number of fused-ring (bicyclic) bond motifs is 5. The molecule has 3 aliphatic rings. The fourth-order valence-corrected chi connectivity index (χ4v) is 3.77. The van der Waals surface area contributed by atoms with Crippen molar-refractivity contribution in [2.75, 3.05) is 12.0 Å². The molecule has 0 aromatic heterocycles. The van der Waals surface area contributed by atoms with Gasteiger partial charge in [-0.25, -0.2) is 9.69 Å². The Morgan fingerprint density at radius 1 is 1.22 bits per heavy atom. The third-order valence-corrected chi connectivity index (χ3v) is 4.88. The standard InChI is InChI=1S/C17H15NO5/c1-17-8-7-11(23-17)12-13(17)15(20)18(14(12)19)10-5-3-9(4-6-10)16(21)22-2/h3-8,11-13H,1-2H3/t11-,12+,13-,17-/m0/s1. The van der Waals surface area contributed by atoms with Crippen LogP contribution in [0.5, 0.6) is 0 Å². The van der Waals surface area contributed by atoms with E-state index >= 15 is 0 Å². The Balaban J connectivity index is 1.68. The van der Waals surface area contributed by atoms with E-state index in [0.29, 0.717) is 11.3 Å². The Kier molecular flexibility index (Phi) is 2.78. The molecule has 0 unspecified atom stereocenters. The number of carbonyl (C=O) groups excluding carboxylic acids is 3. The molecule has 2 amide bonds. The predicted molar refractivity (Wildman–Crippen MR) is 79.7 cm³/mol. The fraction of sp³-hybridized carbons (Fsp3) is 0.353. The van der Waals surface area contributed by atoms with Crippen molar-refractivity contribution in [3.05, 3.63) is 42.0 Å². The summed E-state index contributed by atoms with van der Waals surface area (Å²) in [7, 11) is 1.30. The Hall–Kier alpha value is -2.47. The van der Waals surface area contributed by atoms with Crippen LogP contribution in [0.25, 0.3) is 0 Å². The lowest BCUT2D eigenvalue weighted by Crippen LogP contribution is -2.38. The first-order valence-corrected chi connectivity index (χ1v) is 7.39. The van der Waals surface area contributed by atoms with Crippen molar-refractivity contribution in [3.8, 4) is 0 Å². The molecule has 0 N–H and O–H groups in total. The molecule has 3 aliphatic heterocycles. The van der Waals surface area contributed by atoms with Crippen LogP contribution in [-0.4, -0.2) is 36.6 Å². The van der Waals surface area contributed by atoms with Crippen molar-refractivity contribution < 1.29 is 23.9 Å². The minimum absolute atomic E-state index is 0.246. The quantitative estimate of drug-likeness (QED) is 0.467. The van der Waals surface area contributed by atoms with Crippen LogP contribution in [0.15, 0.2) is 36.4 Å². The average molecular weight is 313 g/mol. The molecule has 0 radical (unpaired) electrons. The summed E-state index contributed by atoms with van der Waals surface area (Å²) in [6.45, 7) is 1.84. The van der Waals surface area contributed by atoms with Gasteiger partial charge in [-0.15, -0.1) is 0 Å². The topological polar surface area (TPSA) is 72.9 Å². The third kappa shape index (κ3) is 1.75.